The molecule has 0 bridgehead atoms. The minimum absolute atomic E-state index is 0. The van der Waals surface area contributed by atoms with E-state index in [2.05, 4.69) is 20.0 Å². The van der Waals surface area contributed by atoms with E-state index in [4.69, 9.17) is 15.0 Å². The number of carbonyl (C=O) groups excluding carboxylic acids is 1. The molecule has 1 aromatic heterocycles. The topological polar surface area (TPSA) is 180 Å². The Morgan fingerprint density at radius 3 is 2.65 bits per heavy atom. The molecule has 2 heterocycles. The molecule has 3 N–H and O–H groups in total. The van der Waals surface area contributed by atoms with Crippen LogP contribution in [-0.2, 0) is 24.7 Å². The number of amides is 1. The van der Waals surface area contributed by atoms with Crippen molar-refractivity contribution in [2.24, 2.45) is 10.1 Å². The van der Waals surface area contributed by atoms with Crippen molar-refractivity contribution in [2.75, 3.05) is 26.6 Å². The van der Waals surface area contributed by atoms with Gasteiger partial charge in [-0.2, -0.15) is 8.42 Å². The molecule has 1 aromatic rings. The predicted molar refractivity (Wildman–Crippen MR) is 85.4 cm³/mol. The average Bonchev–Trinajstić information content (AvgIpc) is 2.94. The molecule has 0 spiro atoms. The first-order valence-corrected chi connectivity index (χ1v) is 8.85. The first kappa shape index (κ1) is 22.8. The molecule has 0 unspecified atom stereocenters. The van der Waals surface area contributed by atoms with E-state index in [1.807, 2.05) is 0 Å². The molecule has 1 amide bonds. The van der Waals surface area contributed by atoms with Gasteiger partial charge in [-0.05, 0) is 0 Å². The summed E-state index contributed by atoms with van der Waals surface area (Å²) in [4.78, 5) is 24.0. The van der Waals surface area contributed by atoms with Gasteiger partial charge in [0, 0.05) is 18.4 Å². The van der Waals surface area contributed by atoms with Crippen LogP contribution in [0.2, 0.25) is 0 Å². The fourth-order valence-electron chi connectivity index (χ4n) is 2.13. The van der Waals surface area contributed by atoms with E-state index < -0.39 is 34.2 Å². The van der Waals surface area contributed by atoms with E-state index in [1.165, 1.54) is 19.6 Å². The van der Waals surface area contributed by atoms with Crippen molar-refractivity contribution >= 4 is 44.3 Å². The normalized spacial score (nSPS) is 21.2. The number of hydrogen-bond acceptors (Lipinski definition) is 11. The number of carbonyl (C=O) groups is 1. The second-order valence-corrected chi connectivity index (χ2v) is 6.89. The molecule has 138 valence electrons. The largest absolute Gasteiger partial charge is 1.00 e. The van der Waals surface area contributed by atoms with Gasteiger partial charge in [0.25, 0.3) is 5.91 Å². The number of aromatic nitrogens is 1. The Bertz CT molecular complexity index is 825. The van der Waals surface area contributed by atoms with Crippen LogP contribution in [0.1, 0.15) is 5.69 Å². The van der Waals surface area contributed by atoms with Crippen LogP contribution in [0, 0.1) is 0 Å². The number of oxime groups is 1. The Morgan fingerprint density at radius 1 is 1.54 bits per heavy atom. The quantitative estimate of drug-likeness (QED) is 0.110. The van der Waals surface area contributed by atoms with Gasteiger partial charge in [0.1, 0.15) is 24.6 Å². The third-order valence-corrected chi connectivity index (χ3v) is 4.75. The van der Waals surface area contributed by atoms with Crippen molar-refractivity contribution in [2.45, 2.75) is 12.1 Å². The maximum atomic E-state index is 12.3. The molecule has 2 rings (SSSR count). The average molecular weight is 415 g/mol. The maximum absolute atomic E-state index is 12.3. The van der Waals surface area contributed by atoms with E-state index in [9.17, 15) is 18.3 Å². The molecule has 2 atom stereocenters. The fourth-order valence-corrected chi connectivity index (χ4v) is 3.53. The van der Waals surface area contributed by atoms with E-state index in [-0.39, 0.29) is 57.0 Å². The Kier molecular flexibility index (Phi) is 7.94. The third-order valence-electron chi connectivity index (χ3n) is 3.13. The standard InChI is InChI=1S/C11H15N5O7S2.Na/c1-22-3-6-8(10(18)16(6)25(19,20)21)14-9(17)7(15-23-2)5-4-24-11(12)13-5;/h4,6,8H,3H2,1-2H3,(H2,12,13)(H,14,17)(H,19,20,21);/q;+1/p-1/b15-7+;/t6-,8-;/m1./s1. The van der Waals surface area contributed by atoms with Crippen LogP contribution in [0.4, 0.5) is 5.13 Å². The number of nitrogens with two attached hydrogens (primary N) is 1. The van der Waals surface area contributed by atoms with E-state index >= 15 is 0 Å². The van der Waals surface area contributed by atoms with Gasteiger partial charge in [0.15, 0.2) is 11.2 Å². The zero-order valence-electron chi connectivity index (χ0n) is 14.0. The minimum atomic E-state index is -4.78. The molecule has 12 nitrogen and oxygen atoms in total. The maximum Gasteiger partial charge on any atom is 1.00 e. The van der Waals surface area contributed by atoms with Gasteiger partial charge in [-0.25, -0.2) is 9.29 Å². The monoisotopic (exact) mass is 415 g/mol. The van der Waals surface area contributed by atoms with Gasteiger partial charge in [0.2, 0.25) is 0 Å². The Balaban J connectivity index is 0.00000338. The first-order chi connectivity index (χ1) is 11.7. The molecule has 0 aromatic carbocycles. The number of methoxy groups -OCH3 is 1. The molecule has 26 heavy (non-hydrogen) atoms. The van der Waals surface area contributed by atoms with Crippen molar-refractivity contribution in [1.82, 2.24) is 9.29 Å². The van der Waals surface area contributed by atoms with Crippen molar-refractivity contribution in [3.05, 3.63) is 11.1 Å². The van der Waals surface area contributed by atoms with Crippen molar-refractivity contribution in [3.63, 3.8) is 0 Å². The van der Waals surface area contributed by atoms with E-state index in [0.29, 0.717) is 0 Å². The van der Waals surface area contributed by atoms with Gasteiger partial charge in [-0.1, -0.05) is 5.16 Å². The molecule has 0 aliphatic carbocycles. The summed E-state index contributed by atoms with van der Waals surface area (Å²) in [5.74, 6) is -2.02. The van der Waals surface area contributed by atoms with Crippen LogP contribution in [0.15, 0.2) is 15.5 Å². The van der Waals surface area contributed by atoms with Crippen molar-refractivity contribution < 1.29 is 62.0 Å². The molecule has 0 saturated carbocycles. The number of nitrogens with zero attached hydrogens (tertiary/aromatic N) is 4. The summed E-state index contributed by atoms with van der Waals surface area (Å²) in [6.45, 7) is -0.257. The number of rotatable bonds is 7. The number of thiazole rings is 1. The second kappa shape index (κ2) is 9.07. The molecule has 1 aliphatic heterocycles. The van der Waals surface area contributed by atoms with Gasteiger partial charge in [-0.3, -0.25) is 14.3 Å². The predicted octanol–water partition coefficient (Wildman–Crippen LogP) is -5.13. The van der Waals surface area contributed by atoms with Gasteiger partial charge in [0.05, 0.1) is 6.61 Å². The van der Waals surface area contributed by atoms with Crippen LogP contribution >= 0.6 is 11.3 Å². The molecular weight excluding hydrogens is 401 g/mol. The van der Waals surface area contributed by atoms with Gasteiger partial charge in [-0.15, -0.1) is 11.3 Å². The Morgan fingerprint density at radius 2 is 2.19 bits per heavy atom. The molecule has 1 saturated heterocycles. The molecule has 1 aliphatic rings. The number of hydrogen-bond donors (Lipinski definition) is 2. The summed E-state index contributed by atoms with van der Waals surface area (Å²) in [6.07, 6.45) is 0. The molecule has 15 heteroatoms. The third kappa shape index (κ3) is 4.70. The first-order valence-electron chi connectivity index (χ1n) is 6.58. The van der Waals surface area contributed by atoms with Gasteiger partial charge >= 0.3 is 39.9 Å². The number of nitrogen functional groups attached to an aromatic ring is 1. The van der Waals surface area contributed by atoms with Gasteiger partial charge < -0.3 is 20.4 Å². The number of β-lactam (4-membered cyclic amide) rings is 1. The Labute approximate surface area is 174 Å². The summed E-state index contributed by atoms with van der Waals surface area (Å²) in [7, 11) is -2.32. The molecule has 0 radical (unpaired) electrons. The zero-order chi connectivity index (χ0) is 18.8. The summed E-state index contributed by atoms with van der Waals surface area (Å²) in [6, 6.07) is -2.51. The van der Waals surface area contributed by atoms with Crippen LogP contribution in [-0.4, -0.2) is 72.7 Å². The summed E-state index contributed by atoms with van der Waals surface area (Å²) < 4.78 is 36.5. The van der Waals surface area contributed by atoms with Crippen LogP contribution in [0.25, 0.3) is 0 Å². The number of anilines is 1. The van der Waals surface area contributed by atoms with Crippen molar-refractivity contribution in [1.29, 1.82) is 0 Å². The number of ether oxygens (including phenoxy) is 1. The van der Waals surface area contributed by atoms with Crippen LogP contribution < -0.4 is 40.4 Å². The second-order valence-electron chi connectivity index (χ2n) is 4.71. The minimum Gasteiger partial charge on any atom is -0.857 e. The van der Waals surface area contributed by atoms with Crippen molar-refractivity contribution in [3.8, 4) is 0 Å². The molecule has 1 fully saturated rings. The summed E-state index contributed by atoms with van der Waals surface area (Å²) in [5, 5.41) is 17.5. The number of aliphatic imine (C=N–C) groups is 1. The fraction of sp³-hybridized carbons (Fsp3) is 0.455. The summed E-state index contributed by atoms with van der Waals surface area (Å²) >= 11 is 1.06. The smallest absolute Gasteiger partial charge is 0.857 e. The summed E-state index contributed by atoms with van der Waals surface area (Å²) in [5.41, 5.74) is 5.29. The molecular formula is C11H14N5NaO7S2. The van der Waals surface area contributed by atoms with E-state index in [1.54, 1.807) is 0 Å². The van der Waals surface area contributed by atoms with Crippen LogP contribution in [0.3, 0.4) is 0 Å². The van der Waals surface area contributed by atoms with Crippen LogP contribution in [0.5, 0.6) is 0 Å². The van der Waals surface area contributed by atoms with E-state index in [0.717, 1.165) is 11.3 Å². The zero-order valence-corrected chi connectivity index (χ0v) is 17.7. The Hall–Kier alpha value is -1.29. The SMILES string of the molecule is COC[C@@H]1[C@@H](N=C([O-])/C(=N/OC)c2csc(N)n2)C(=O)N1S(=O)(=O)O.[Na+].